The lowest BCUT2D eigenvalue weighted by molar-refractivity contribution is -0.123. The molecule has 1 N–H and O–H groups in total. The van der Waals surface area contributed by atoms with Gasteiger partial charge in [-0.3, -0.25) is 9.59 Å². The molecular formula is C18H26BrNO4. The van der Waals surface area contributed by atoms with Gasteiger partial charge in [-0.15, -0.1) is 0 Å². The molecule has 134 valence electrons. The topological polar surface area (TPSA) is 64.6 Å². The minimum Gasteiger partial charge on any atom is -0.494 e. The van der Waals surface area contributed by atoms with Crippen molar-refractivity contribution in [2.75, 3.05) is 23.9 Å². The number of nitrogens with one attached hydrogen (secondary N) is 1. The lowest BCUT2D eigenvalue weighted by Gasteiger charge is -2.14. The standard InChI is InChI=1S/C18H26BrNO4/c1-3-5-9-23-15-7-8-17(24-10-6-4-2)16(12-15)20-18(22)11-14(21)13-19/h7-8,12H,3-6,9-11,13H2,1-2H3,(H,20,22). The number of rotatable bonds is 12. The molecule has 0 unspecified atom stereocenters. The quantitative estimate of drug-likeness (QED) is 0.322. The summed E-state index contributed by atoms with van der Waals surface area (Å²) in [7, 11) is 0. The molecule has 0 radical (unpaired) electrons. The van der Waals surface area contributed by atoms with Crippen molar-refractivity contribution >= 4 is 33.3 Å². The summed E-state index contributed by atoms with van der Waals surface area (Å²) in [6.45, 7) is 5.39. The normalized spacial score (nSPS) is 10.3. The average molecular weight is 400 g/mol. The molecule has 0 bridgehead atoms. The smallest absolute Gasteiger partial charge is 0.231 e. The molecule has 6 heteroatoms. The van der Waals surface area contributed by atoms with Crippen molar-refractivity contribution < 1.29 is 19.1 Å². The van der Waals surface area contributed by atoms with Crippen LogP contribution < -0.4 is 14.8 Å². The minimum absolute atomic E-state index is 0.166. The van der Waals surface area contributed by atoms with Gasteiger partial charge in [-0.1, -0.05) is 42.6 Å². The zero-order valence-electron chi connectivity index (χ0n) is 14.4. The van der Waals surface area contributed by atoms with Gasteiger partial charge in [-0.25, -0.2) is 0 Å². The van der Waals surface area contributed by atoms with E-state index in [2.05, 4.69) is 35.1 Å². The lowest BCUT2D eigenvalue weighted by Crippen LogP contribution is -2.17. The molecule has 0 atom stereocenters. The second-order valence-electron chi connectivity index (χ2n) is 5.46. The Kier molecular flexibility index (Phi) is 10.2. The zero-order chi connectivity index (χ0) is 17.8. The number of carbonyl (C=O) groups is 2. The first kappa shape index (κ1) is 20.5. The number of anilines is 1. The number of alkyl halides is 1. The van der Waals surface area contributed by atoms with Crippen LogP contribution in [0.2, 0.25) is 0 Å². The number of halogens is 1. The molecule has 0 aliphatic heterocycles. The van der Waals surface area contributed by atoms with E-state index in [9.17, 15) is 9.59 Å². The molecule has 1 aromatic rings. The largest absolute Gasteiger partial charge is 0.494 e. The highest BCUT2D eigenvalue weighted by Crippen LogP contribution is 2.30. The third kappa shape index (κ3) is 7.81. The van der Waals surface area contributed by atoms with E-state index in [0.29, 0.717) is 30.4 Å². The second-order valence-corrected chi connectivity index (χ2v) is 6.02. The Morgan fingerprint density at radius 2 is 1.75 bits per heavy atom. The Hall–Kier alpha value is -1.56. The van der Waals surface area contributed by atoms with Crippen LogP contribution in [0.4, 0.5) is 5.69 Å². The van der Waals surface area contributed by atoms with Crippen LogP contribution in [0, 0.1) is 0 Å². The Balaban J connectivity index is 2.81. The monoisotopic (exact) mass is 399 g/mol. The SMILES string of the molecule is CCCCOc1ccc(OCCCC)c(NC(=O)CC(=O)CBr)c1. The molecule has 0 heterocycles. The fraction of sp³-hybridized carbons (Fsp3) is 0.556. The first-order valence-electron chi connectivity index (χ1n) is 8.37. The molecule has 5 nitrogen and oxygen atoms in total. The fourth-order valence-corrected chi connectivity index (χ4v) is 2.10. The number of ether oxygens (including phenoxy) is 2. The van der Waals surface area contributed by atoms with Crippen LogP contribution in [-0.4, -0.2) is 30.2 Å². The first-order chi connectivity index (χ1) is 11.6. The minimum atomic E-state index is -0.356. The van der Waals surface area contributed by atoms with Crippen molar-refractivity contribution in [1.29, 1.82) is 0 Å². The lowest BCUT2D eigenvalue weighted by atomic mass is 10.2. The molecule has 0 aromatic heterocycles. The van der Waals surface area contributed by atoms with Crippen molar-refractivity contribution in [1.82, 2.24) is 0 Å². The molecule has 1 aromatic carbocycles. The van der Waals surface area contributed by atoms with E-state index in [1.54, 1.807) is 12.1 Å². The Bertz CT molecular complexity index is 534. The van der Waals surface area contributed by atoms with Crippen molar-refractivity contribution in [2.24, 2.45) is 0 Å². The molecule has 1 amide bonds. The predicted molar refractivity (Wildman–Crippen MR) is 99.3 cm³/mol. The van der Waals surface area contributed by atoms with Crippen LogP contribution in [0.1, 0.15) is 46.0 Å². The van der Waals surface area contributed by atoms with Crippen LogP contribution in [-0.2, 0) is 9.59 Å². The average Bonchev–Trinajstić information content (AvgIpc) is 2.56. The van der Waals surface area contributed by atoms with E-state index in [-0.39, 0.29) is 23.4 Å². The van der Waals surface area contributed by atoms with Crippen LogP contribution in [0.15, 0.2) is 18.2 Å². The van der Waals surface area contributed by atoms with Crippen LogP contribution in [0.3, 0.4) is 0 Å². The van der Waals surface area contributed by atoms with Crippen molar-refractivity contribution in [3.05, 3.63) is 18.2 Å². The van der Waals surface area contributed by atoms with Crippen molar-refractivity contribution in [3.8, 4) is 11.5 Å². The third-order valence-corrected chi connectivity index (χ3v) is 3.88. The van der Waals surface area contributed by atoms with E-state index in [4.69, 9.17) is 9.47 Å². The number of ketones is 1. The number of unbranched alkanes of at least 4 members (excludes halogenated alkanes) is 2. The van der Waals surface area contributed by atoms with Gasteiger partial charge in [0.2, 0.25) is 5.91 Å². The first-order valence-corrected chi connectivity index (χ1v) is 9.50. The molecule has 0 saturated carbocycles. The van der Waals surface area contributed by atoms with Gasteiger partial charge in [-0.2, -0.15) is 0 Å². The van der Waals surface area contributed by atoms with Gasteiger partial charge >= 0.3 is 0 Å². The van der Waals surface area contributed by atoms with Gasteiger partial charge in [0.15, 0.2) is 5.78 Å². The highest BCUT2D eigenvalue weighted by Gasteiger charge is 2.13. The number of hydrogen-bond acceptors (Lipinski definition) is 4. The predicted octanol–water partition coefficient (Wildman–Crippen LogP) is 4.34. The summed E-state index contributed by atoms with van der Waals surface area (Å²) < 4.78 is 11.4. The van der Waals surface area contributed by atoms with Gasteiger partial charge in [0, 0.05) is 6.07 Å². The van der Waals surface area contributed by atoms with E-state index in [0.717, 1.165) is 25.7 Å². The van der Waals surface area contributed by atoms with Crippen LogP contribution >= 0.6 is 15.9 Å². The Morgan fingerprint density at radius 1 is 1.08 bits per heavy atom. The molecule has 0 aliphatic rings. The summed E-state index contributed by atoms with van der Waals surface area (Å²) >= 11 is 3.06. The second kappa shape index (κ2) is 11.9. The summed E-state index contributed by atoms with van der Waals surface area (Å²) in [5, 5.41) is 2.91. The maximum Gasteiger partial charge on any atom is 0.231 e. The van der Waals surface area contributed by atoms with Gasteiger partial charge in [0.05, 0.1) is 30.7 Å². The van der Waals surface area contributed by atoms with Gasteiger partial charge < -0.3 is 14.8 Å². The maximum absolute atomic E-state index is 12.0. The highest BCUT2D eigenvalue weighted by atomic mass is 79.9. The molecule has 0 aliphatic carbocycles. The summed E-state index contributed by atoms with van der Waals surface area (Å²) in [6.07, 6.45) is 3.82. The number of benzene rings is 1. The van der Waals surface area contributed by atoms with Crippen molar-refractivity contribution in [3.63, 3.8) is 0 Å². The Morgan fingerprint density at radius 3 is 2.38 bits per heavy atom. The number of carbonyl (C=O) groups excluding carboxylic acids is 2. The highest BCUT2D eigenvalue weighted by molar-refractivity contribution is 9.09. The van der Waals surface area contributed by atoms with Gasteiger partial charge in [0.1, 0.15) is 11.5 Å². The van der Waals surface area contributed by atoms with E-state index < -0.39 is 0 Å². The summed E-state index contributed by atoms with van der Waals surface area (Å²) in [5.41, 5.74) is 0.535. The summed E-state index contributed by atoms with van der Waals surface area (Å²) in [4.78, 5) is 23.4. The van der Waals surface area contributed by atoms with E-state index in [1.165, 1.54) is 0 Å². The Labute approximate surface area is 152 Å². The molecule has 24 heavy (non-hydrogen) atoms. The van der Waals surface area contributed by atoms with Crippen molar-refractivity contribution in [2.45, 2.75) is 46.0 Å². The van der Waals surface area contributed by atoms with E-state index >= 15 is 0 Å². The fourth-order valence-electron chi connectivity index (χ4n) is 1.90. The summed E-state index contributed by atoms with van der Waals surface area (Å²) in [6, 6.07) is 5.36. The van der Waals surface area contributed by atoms with Crippen LogP contribution in [0.25, 0.3) is 0 Å². The van der Waals surface area contributed by atoms with E-state index in [1.807, 2.05) is 6.07 Å². The van der Waals surface area contributed by atoms with Gasteiger partial charge in [-0.05, 0) is 25.0 Å². The van der Waals surface area contributed by atoms with Gasteiger partial charge in [0.25, 0.3) is 0 Å². The molecule has 0 saturated heterocycles. The van der Waals surface area contributed by atoms with Crippen LogP contribution in [0.5, 0.6) is 11.5 Å². The number of amides is 1. The maximum atomic E-state index is 12.0. The molecule has 1 rings (SSSR count). The zero-order valence-corrected chi connectivity index (χ0v) is 16.0. The third-order valence-electron chi connectivity index (χ3n) is 3.25. The number of Topliss-reactive ketones (excluding diaryl/α,β-unsaturated/α-hetero) is 1. The number of hydrogen-bond donors (Lipinski definition) is 1. The summed E-state index contributed by atoms with van der Waals surface area (Å²) in [5.74, 6) is 0.737. The molecular weight excluding hydrogens is 374 g/mol. The molecule has 0 spiro atoms. The molecule has 0 fully saturated rings.